The fourth-order valence-corrected chi connectivity index (χ4v) is 2.68. The molecule has 114 valence electrons. The standard InChI is InChI=1S/C14H20N4O2S/c1-10-8-11(17-14(16-10)21-2)13(20)15-9-12(19)18-6-4-3-5-7-18/h8H,3-7,9H2,1-2H3,(H,15,20). The predicted molar refractivity (Wildman–Crippen MR) is 81.3 cm³/mol. The molecule has 2 heterocycles. The van der Waals surface area contributed by atoms with Gasteiger partial charge in [-0.1, -0.05) is 11.8 Å². The summed E-state index contributed by atoms with van der Waals surface area (Å²) in [6.45, 7) is 3.42. The highest BCUT2D eigenvalue weighted by atomic mass is 32.2. The molecule has 0 atom stereocenters. The summed E-state index contributed by atoms with van der Waals surface area (Å²) in [5.41, 5.74) is 1.04. The monoisotopic (exact) mass is 308 g/mol. The molecule has 0 unspecified atom stereocenters. The summed E-state index contributed by atoms with van der Waals surface area (Å²) in [6, 6.07) is 1.63. The molecule has 1 aromatic rings. The Morgan fingerprint density at radius 3 is 2.67 bits per heavy atom. The van der Waals surface area contributed by atoms with Crippen LogP contribution in [-0.2, 0) is 4.79 Å². The molecule has 0 aromatic carbocycles. The summed E-state index contributed by atoms with van der Waals surface area (Å²) in [7, 11) is 0. The van der Waals surface area contributed by atoms with Crippen LogP contribution in [0.4, 0.5) is 0 Å². The van der Waals surface area contributed by atoms with Crippen molar-refractivity contribution in [2.75, 3.05) is 25.9 Å². The van der Waals surface area contributed by atoms with E-state index in [1.54, 1.807) is 6.07 Å². The van der Waals surface area contributed by atoms with Gasteiger partial charge < -0.3 is 10.2 Å². The van der Waals surface area contributed by atoms with Crippen molar-refractivity contribution in [3.63, 3.8) is 0 Å². The number of hydrogen-bond donors (Lipinski definition) is 1. The molecule has 0 radical (unpaired) electrons. The summed E-state index contributed by atoms with van der Waals surface area (Å²) in [4.78, 5) is 34.2. The minimum absolute atomic E-state index is 0.0243. The largest absolute Gasteiger partial charge is 0.342 e. The van der Waals surface area contributed by atoms with Crippen LogP contribution in [0.15, 0.2) is 11.2 Å². The summed E-state index contributed by atoms with van der Waals surface area (Å²) < 4.78 is 0. The van der Waals surface area contributed by atoms with Crippen molar-refractivity contribution in [3.8, 4) is 0 Å². The Morgan fingerprint density at radius 2 is 2.00 bits per heavy atom. The normalized spacial score (nSPS) is 14.9. The molecule has 0 saturated carbocycles. The maximum Gasteiger partial charge on any atom is 0.270 e. The summed E-state index contributed by atoms with van der Waals surface area (Å²) in [5, 5.41) is 3.20. The van der Waals surface area contributed by atoms with Gasteiger partial charge in [0.2, 0.25) is 5.91 Å². The fourth-order valence-electron chi connectivity index (χ4n) is 2.25. The topological polar surface area (TPSA) is 75.2 Å². The van der Waals surface area contributed by atoms with Gasteiger partial charge in [0.15, 0.2) is 5.16 Å². The molecular weight excluding hydrogens is 288 g/mol. The van der Waals surface area contributed by atoms with Gasteiger partial charge in [-0.15, -0.1) is 0 Å². The first-order valence-electron chi connectivity index (χ1n) is 7.06. The molecule has 6 nitrogen and oxygen atoms in total. The third-order valence-electron chi connectivity index (χ3n) is 3.36. The molecule has 0 spiro atoms. The Bertz CT molecular complexity index is 530. The molecule has 1 aromatic heterocycles. The summed E-state index contributed by atoms with van der Waals surface area (Å²) in [6.07, 6.45) is 5.12. The smallest absolute Gasteiger partial charge is 0.270 e. The molecule has 0 aliphatic carbocycles. The first-order valence-corrected chi connectivity index (χ1v) is 8.28. The average Bonchev–Trinajstić information content (AvgIpc) is 2.52. The van der Waals surface area contributed by atoms with Gasteiger partial charge in [-0.3, -0.25) is 9.59 Å². The minimum Gasteiger partial charge on any atom is -0.342 e. The van der Waals surface area contributed by atoms with Crippen LogP contribution in [0.25, 0.3) is 0 Å². The second kappa shape index (κ2) is 7.40. The van der Waals surface area contributed by atoms with Crippen molar-refractivity contribution in [2.24, 2.45) is 0 Å². The lowest BCUT2D eigenvalue weighted by atomic mass is 10.1. The van der Waals surface area contributed by atoms with Crippen LogP contribution in [0, 0.1) is 6.92 Å². The number of likely N-dealkylation sites (tertiary alicyclic amines) is 1. The second-order valence-electron chi connectivity index (χ2n) is 5.01. The van der Waals surface area contributed by atoms with Crippen molar-refractivity contribution in [3.05, 3.63) is 17.5 Å². The van der Waals surface area contributed by atoms with Crippen LogP contribution in [0.2, 0.25) is 0 Å². The molecule has 1 aliphatic rings. The number of rotatable bonds is 4. The Morgan fingerprint density at radius 1 is 1.29 bits per heavy atom. The zero-order valence-electron chi connectivity index (χ0n) is 12.4. The molecule has 1 N–H and O–H groups in total. The minimum atomic E-state index is -0.332. The third kappa shape index (κ3) is 4.42. The molecule has 0 bridgehead atoms. The highest BCUT2D eigenvalue weighted by Gasteiger charge is 2.18. The Kier molecular flexibility index (Phi) is 5.55. The van der Waals surface area contributed by atoms with E-state index in [4.69, 9.17) is 0 Å². The average molecular weight is 308 g/mol. The molecule has 7 heteroatoms. The summed E-state index contributed by atoms with van der Waals surface area (Å²) >= 11 is 1.38. The van der Waals surface area contributed by atoms with E-state index in [0.29, 0.717) is 10.9 Å². The van der Waals surface area contributed by atoms with Gasteiger partial charge in [0.25, 0.3) is 5.91 Å². The molecule has 1 fully saturated rings. The van der Waals surface area contributed by atoms with Crippen molar-refractivity contribution < 1.29 is 9.59 Å². The Balaban J connectivity index is 1.92. The lowest BCUT2D eigenvalue weighted by molar-refractivity contribution is -0.130. The molecule has 21 heavy (non-hydrogen) atoms. The van der Waals surface area contributed by atoms with E-state index in [0.717, 1.165) is 31.6 Å². The molecule has 2 rings (SSSR count). The van der Waals surface area contributed by atoms with Crippen LogP contribution in [0.5, 0.6) is 0 Å². The Hall–Kier alpha value is -1.63. The quantitative estimate of drug-likeness (QED) is 0.669. The van der Waals surface area contributed by atoms with Gasteiger partial charge in [0, 0.05) is 18.8 Å². The molecular formula is C14H20N4O2S. The van der Waals surface area contributed by atoms with E-state index in [1.165, 1.54) is 18.2 Å². The lowest BCUT2D eigenvalue weighted by Gasteiger charge is -2.26. The van der Waals surface area contributed by atoms with E-state index in [-0.39, 0.29) is 18.4 Å². The van der Waals surface area contributed by atoms with E-state index in [2.05, 4.69) is 15.3 Å². The van der Waals surface area contributed by atoms with Gasteiger partial charge in [0.05, 0.1) is 6.54 Å². The van der Waals surface area contributed by atoms with E-state index in [9.17, 15) is 9.59 Å². The lowest BCUT2D eigenvalue weighted by Crippen LogP contribution is -2.42. The number of hydrogen-bond acceptors (Lipinski definition) is 5. The highest BCUT2D eigenvalue weighted by Crippen LogP contribution is 2.11. The van der Waals surface area contributed by atoms with Crippen LogP contribution in [0.3, 0.4) is 0 Å². The maximum atomic E-state index is 12.1. The van der Waals surface area contributed by atoms with Gasteiger partial charge in [-0.05, 0) is 38.5 Å². The first-order chi connectivity index (χ1) is 10.1. The number of aromatic nitrogens is 2. The molecule has 1 saturated heterocycles. The maximum absolute atomic E-state index is 12.1. The number of thioether (sulfide) groups is 1. The number of aryl methyl sites for hydroxylation is 1. The van der Waals surface area contributed by atoms with E-state index >= 15 is 0 Å². The molecule has 1 aliphatic heterocycles. The van der Waals surface area contributed by atoms with Crippen LogP contribution < -0.4 is 5.32 Å². The number of carbonyl (C=O) groups excluding carboxylic acids is 2. The van der Waals surface area contributed by atoms with Crippen LogP contribution in [0.1, 0.15) is 35.4 Å². The van der Waals surface area contributed by atoms with Crippen molar-refractivity contribution >= 4 is 23.6 Å². The number of carbonyl (C=O) groups is 2. The van der Waals surface area contributed by atoms with Crippen LogP contribution >= 0.6 is 11.8 Å². The number of amides is 2. The van der Waals surface area contributed by atoms with E-state index < -0.39 is 0 Å². The highest BCUT2D eigenvalue weighted by molar-refractivity contribution is 7.98. The van der Waals surface area contributed by atoms with Gasteiger partial charge in [-0.25, -0.2) is 9.97 Å². The number of piperidine rings is 1. The third-order valence-corrected chi connectivity index (χ3v) is 3.91. The zero-order valence-corrected chi connectivity index (χ0v) is 13.2. The number of nitrogens with zero attached hydrogens (tertiary/aromatic N) is 3. The number of nitrogens with one attached hydrogen (secondary N) is 1. The van der Waals surface area contributed by atoms with Crippen molar-refractivity contribution in [2.45, 2.75) is 31.3 Å². The fraction of sp³-hybridized carbons (Fsp3) is 0.571. The van der Waals surface area contributed by atoms with Crippen molar-refractivity contribution in [1.29, 1.82) is 0 Å². The SMILES string of the molecule is CSc1nc(C)cc(C(=O)NCC(=O)N2CCCCC2)n1. The zero-order chi connectivity index (χ0) is 15.2. The second-order valence-corrected chi connectivity index (χ2v) is 5.78. The summed E-state index contributed by atoms with van der Waals surface area (Å²) in [5.74, 6) is -0.361. The van der Waals surface area contributed by atoms with Gasteiger partial charge in [0.1, 0.15) is 5.69 Å². The Labute approximate surface area is 128 Å². The van der Waals surface area contributed by atoms with Gasteiger partial charge in [-0.2, -0.15) is 0 Å². The van der Waals surface area contributed by atoms with Gasteiger partial charge >= 0.3 is 0 Å². The van der Waals surface area contributed by atoms with Crippen molar-refractivity contribution in [1.82, 2.24) is 20.2 Å². The molecule has 2 amide bonds. The van der Waals surface area contributed by atoms with Crippen LogP contribution in [-0.4, -0.2) is 52.6 Å². The predicted octanol–water partition coefficient (Wildman–Crippen LogP) is 1.25. The van der Waals surface area contributed by atoms with E-state index in [1.807, 2.05) is 18.1 Å². The first kappa shape index (κ1) is 15.8.